The second-order valence-corrected chi connectivity index (χ2v) is 4.60. The number of aliphatic hydroxyl groups is 1. The molecular weight excluding hydrogens is 226 g/mol. The highest BCUT2D eigenvalue weighted by atomic mass is 16.4. The van der Waals surface area contributed by atoms with Crippen LogP contribution >= 0.6 is 0 Å². The molecule has 0 saturated heterocycles. The van der Waals surface area contributed by atoms with Crippen molar-refractivity contribution in [1.29, 1.82) is 0 Å². The molecule has 102 valence electrons. The number of aliphatic hydroxyl groups excluding tert-OH is 1. The molecule has 0 saturated carbocycles. The summed E-state index contributed by atoms with van der Waals surface area (Å²) in [6.07, 6.45) is -0.662. The maximum Gasteiger partial charge on any atom is 0.332 e. The fourth-order valence-corrected chi connectivity index (χ4v) is 0.894. The van der Waals surface area contributed by atoms with Crippen molar-refractivity contribution in [2.45, 2.75) is 46.3 Å². The molecular formula is C11H23NO5. The largest absolute Gasteiger partial charge is 0.480 e. The van der Waals surface area contributed by atoms with E-state index in [-0.39, 0.29) is 5.92 Å². The minimum Gasteiger partial charge on any atom is -0.480 e. The van der Waals surface area contributed by atoms with E-state index in [1.54, 1.807) is 13.8 Å². The van der Waals surface area contributed by atoms with E-state index in [1.165, 1.54) is 0 Å². The highest BCUT2D eigenvalue weighted by Crippen LogP contribution is 2.01. The number of carbonyl (C=O) groups is 2. The molecule has 0 spiro atoms. The van der Waals surface area contributed by atoms with Crippen LogP contribution in [0.2, 0.25) is 0 Å². The number of carboxylic acid groups (broad SMARTS) is 2. The molecule has 0 heterocycles. The molecule has 0 aliphatic heterocycles. The molecule has 2 atom stereocenters. The Kier molecular flexibility index (Phi) is 9.60. The summed E-state index contributed by atoms with van der Waals surface area (Å²) in [5.41, 5.74) is 5.22. The van der Waals surface area contributed by atoms with Gasteiger partial charge in [0.05, 0.1) is 0 Å². The Hall–Kier alpha value is -1.14. The minimum absolute atomic E-state index is 0.201. The van der Waals surface area contributed by atoms with Crippen LogP contribution in [0.5, 0.6) is 0 Å². The van der Waals surface area contributed by atoms with Crippen LogP contribution in [-0.4, -0.2) is 39.4 Å². The minimum atomic E-state index is -1.21. The molecule has 2 unspecified atom stereocenters. The molecule has 0 aromatic carbocycles. The van der Waals surface area contributed by atoms with Gasteiger partial charge in [0, 0.05) is 0 Å². The Balaban J connectivity index is 0. The van der Waals surface area contributed by atoms with Gasteiger partial charge < -0.3 is 21.1 Å². The molecule has 0 rings (SSSR count). The summed E-state index contributed by atoms with van der Waals surface area (Å²) in [6.45, 7) is 7.20. The molecule has 0 bridgehead atoms. The van der Waals surface area contributed by atoms with Gasteiger partial charge in [0.1, 0.15) is 6.04 Å². The molecule has 0 aromatic heterocycles. The first-order chi connectivity index (χ1) is 7.59. The molecule has 0 fully saturated rings. The lowest BCUT2D eigenvalue weighted by Crippen LogP contribution is -2.31. The lowest BCUT2D eigenvalue weighted by molar-refractivity contribution is -0.148. The average Bonchev–Trinajstić information content (AvgIpc) is 2.15. The molecule has 6 heteroatoms. The van der Waals surface area contributed by atoms with E-state index in [0.717, 1.165) is 0 Å². The lowest BCUT2D eigenvalue weighted by atomic mass is 10.1. The zero-order chi connectivity index (χ0) is 14.2. The van der Waals surface area contributed by atoms with Crippen LogP contribution in [0.4, 0.5) is 0 Å². The van der Waals surface area contributed by atoms with Gasteiger partial charge in [-0.1, -0.05) is 27.7 Å². The summed E-state index contributed by atoms with van der Waals surface area (Å²) in [7, 11) is 0. The fourth-order valence-electron chi connectivity index (χ4n) is 0.894. The van der Waals surface area contributed by atoms with Crippen molar-refractivity contribution in [3.05, 3.63) is 0 Å². The number of hydrogen-bond donors (Lipinski definition) is 4. The first kappa shape index (κ1) is 18.2. The number of hydrogen-bond acceptors (Lipinski definition) is 4. The SMILES string of the molecule is CC(C)C(O)C(=O)O.CC(C)CC(N)C(=O)O. The summed E-state index contributed by atoms with van der Waals surface area (Å²) in [6, 6.07) is -0.690. The molecule has 0 aromatic rings. The summed E-state index contributed by atoms with van der Waals surface area (Å²) >= 11 is 0. The third-order valence-corrected chi connectivity index (χ3v) is 1.93. The van der Waals surface area contributed by atoms with Gasteiger partial charge in [0.2, 0.25) is 0 Å². The van der Waals surface area contributed by atoms with Crippen molar-refractivity contribution in [3.63, 3.8) is 0 Å². The van der Waals surface area contributed by atoms with Gasteiger partial charge in [-0.05, 0) is 18.3 Å². The summed E-state index contributed by atoms with van der Waals surface area (Å²) in [5, 5.41) is 25.0. The zero-order valence-corrected chi connectivity index (χ0v) is 10.8. The quantitative estimate of drug-likeness (QED) is 0.564. The van der Waals surface area contributed by atoms with Gasteiger partial charge in [-0.2, -0.15) is 0 Å². The number of aliphatic carboxylic acids is 2. The Morgan fingerprint density at radius 3 is 1.53 bits per heavy atom. The van der Waals surface area contributed by atoms with Crippen LogP contribution in [0.3, 0.4) is 0 Å². The predicted octanol–water partition coefficient (Wildman–Crippen LogP) is 0.532. The number of nitrogens with two attached hydrogens (primary N) is 1. The van der Waals surface area contributed by atoms with Crippen molar-refractivity contribution in [1.82, 2.24) is 0 Å². The van der Waals surface area contributed by atoms with Crippen LogP contribution in [0.15, 0.2) is 0 Å². The van der Waals surface area contributed by atoms with Gasteiger partial charge in [-0.15, -0.1) is 0 Å². The monoisotopic (exact) mass is 249 g/mol. The standard InChI is InChI=1S/C6H13NO2.C5H10O3/c1-4(2)3-5(7)6(8)9;1-3(2)4(6)5(7)8/h4-5H,3,7H2,1-2H3,(H,8,9);3-4,6H,1-2H3,(H,7,8). The highest BCUT2D eigenvalue weighted by Gasteiger charge is 2.16. The zero-order valence-electron chi connectivity index (χ0n) is 10.8. The normalized spacial score (nSPS) is 13.9. The van der Waals surface area contributed by atoms with Crippen molar-refractivity contribution in [3.8, 4) is 0 Å². The van der Waals surface area contributed by atoms with Crippen molar-refractivity contribution in [2.75, 3.05) is 0 Å². The molecule has 0 aliphatic carbocycles. The Morgan fingerprint density at radius 2 is 1.47 bits per heavy atom. The van der Waals surface area contributed by atoms with Crippen LogP contribution in [0.25, 0.3) is 0 Å². The fraction of sp³-hybridized carbons (Fsp3) is 0.818. The maximum absolute atomic E-state index is 10.1. The molecule has 0 amide bonds. The number of carboxylic acids is 2. The van der Waals surface area contributed by atoms with Crippen LogP contribution in [-0.2, 0) is 9.59 Å². The van der Waals surface area contributed by atoms with Crippen molar-refractivity contribution in [2.24, 2.45) is 17.6 Å². The molecule has 17 heavy (non-hydrogen) atoms. The molecule has 0 aliphatic rings. The Labute approximate surface area is 101 Å². The van der Waals surface area contributed by atoms with Gasteiger partial charge >= 0.3 is 11.9 Å². The van der Waals surface area contributed by atoms with Crippen LogP contribution in [0, 0.1) is 11.8 Å². The summed E-state index contributed by atoms with van der Waals surface area (Å²) < 4.78 is 0. The molecule has 5 N–H and O–H groups in total. The van der Waals surface area contributed by atoms with Crippen molar-refractivity contribution >= 4 is 11.9 Å². The third kappa shape index (κ3) is 11.1. The van der Waals surface area contributed by atoms with Crippen molar-refractivity contribution < 1.29 is 24.9 Å². The van der Waals surface area contributed by atoms with E-state index in [0.29, 0.717) is 12.3 Å². The van der Waals surface area contributed by atoms with Gasteiger partial charge in [0.15, 0.2) is 6.10 Å². The first-order valence-electron chi connectivity index (χ1n) is 5.48. The average molecular weight is 249 g/mol. The van der Waals surface area contributed by atoms with E-state index < -0.39 is 24.1 Å². The highest BCUT2D eigenvalue weighted by molar-refractivity contribution is 5.73. The maximum atomic E-state index is 10.1. The topological polar surface area (TPSA) is 121 Å². The van der Waals surface area contributed by atoms with Crippen LogP contribution in [0.1, 0.15) is 34.1 Å². The second-order valence-electron chi connectivity index (χ2n) is 4.60. The van der Waals surface area contributed by atoms with E-state index in [1.807, 2.05) is 13.8 Å². The molecule has 0 radical (unpaired) electrons. The van der Waals surface area contributed by atoms with E-state index in [9.17, 15) is 9.59 Å². The Bertz CT molecular complexity index is 240. The predicted molar refractivity (Wildman–Crippen MR) is 63.5 cm³/mol. The van der Waals surface area contributed by atoms with Gasteiger partial charge in [0.25, 0.3) is 0 Å². The number of rotatable bonds is 5. The Morgan fingerprint density at radius 1 is 1.06 bits per heavy atom. The van der Waals surface area contributed by atoms with Crippen LogP contribution < -0.4 is 5.73 Å². The van der Waals surface area contributed by atoms with E-state index in [2.05, 4.69) is 0 Å². The molecule has 6 nitrogen and oxygen atoms in total. The second kappa shape index (κ2) is 8.95. The first-order valence-corrected chi connectivity index (χ1v) is 5.48. The van der Waals surface area contributed by atoms with E-state index in [4.69, 9.17) is 21.1 Å². The van der Waals surface area contributed by atoms with Gasteiger partial charge in [-0.25, -0.2) is 4.79 Å². The van der Waals surface area contributed by atoms with Gasteiger partial charge in [-0.3, -0.25) is 4.79 Å². The third-order valence-electron chi connectivity index (χ3n) is 1.93. The summed E-state index contributed by atoms with van der Waals surface area (Å²) in [4.78, 5) is 20.0. The smallest absolute Gasteiger partial charge is 0.332 e. The van der Waals surface area contributed by atoms with E-state index >= 15 is 0 Å². The lowest BCUT2D eigenvalue weighted by Gasteiger charge is -2.07. The summed E-state index contributed by atoms with van der Waals surface area (Å²) in [5.74, 6) is -1.91.